The first-order valence-corrected chi connectivity index (χ1v) is 12.9. The summed E-state index contributed by atoms with van der Waals surface area (Å²) in [6.07, 6.45) is 8.67. The summed E-state index contributed by atoms with van der Waals surface area (Å²) in [6, 6.07) is 14.2. The summed E-state index contributed by atoms with van der Waals surface area (Å²) < 4.78 is 1.57. The minimum absolute atomic E-state index is 0.0941. The molecule has 0 radical (unpaired) electrons. The van der Waals surface area contributed by atoms with Crippen molar-refractivity contribution in [3.8, 4) is 5.69 Å². The predicted octanol–water partition coefficient (Wildman–Crippen LogP) is 7.09. The van der Waals surface area contributed by atoms with Gasteiger partial charge in [-0.2, -0.15) is 0 Å². The van der Waals surface area contributed by atoms with Gasteiger partial charge in [-0.15, -0.1) is 0 Å². The molecule has 1 amide bonds. The maximum atomic E-state index is 13.6. The second kappa shape index (κ2) is 12.7. The number of fused-ring (bicyclic) bond motifs is 1. The van der Waals surface area contributed by atoms with E-state index in [-0.39, 0.29) is 17.5 Å². The molecule has 1 heterocycles. The zero-order valence-corrected chi connectivity index (χ0v) is 21.4. The first-order valence-electron chi connectivity index (χ1n) is 12.6. The van der Waals surface area contributed by atoms with Gasteiger partial charge in [0.15, 0.2) is 0 Å². The molecule has 2 aromatic carbocycles. The van der Waals surface area contributed by atoms with Gasteiger partial charge in [0.25, 0.3) is 5.56 Å². The van der Waals surface area contributed by atoms with E-state index in [9.17, 15) is 9.59 Å². The predicted molar refractivity (Wildman–Crippen MR) is 141 cm³/mol. The van der Waals surface area contributed by atoms with Crippen molar-refractivity contribution in [1.29, 1.82) is 0 Å². The number of amides is 1. The van der Waals surface area contributed by atoms with Gasteiger partial charge in [0.05, 0.1) is 27.7 Å². The van der Waals surface area contributed by atoms with Crippen LogP contribution in [0.25, 0.3) is 16.6 Å². The Morgan fingerprint density at radius 3 is 2.32 bits per heavy atom. The molecule has 0 fully saturated rings. The average Bonchev–Trinajstić information content (AvgIpc) is 2.84. The van der Waals surface area contributed by atoms with Crippen LogP contribution in [0.4, 0.5) is 0 Å². The number of hydrogen-bond donors (Lipinski definition) is 0. The van der Waals surface area contributed by atoms with Gasteiger partial charge in [0.2, 0.25) is 5.91 Å². The smallest absolute Gasteiger partial charge is 0.266 e. The van der Waals surface area contributed by atoms with E-state index in [0.29, 0.717) is 40.4 Å². The highest BCUT2D eigenvalue weighted by atomic mass is 35.5. The molecule has 3 rings (SSSR count). The summed E-state index contributed by atoms with van der Waals surface area (Å²) in [5, 5.41) is 0.989. The van der Waals surface area contributed by atoms with Crippen LogP contribution in [-0.4, -0.2) is 26.9 Å². The second-order valence-corrected chi connectivity index (χ2v) is 9.21. The van der Waals surface area contributed by atoms with Gasteiger partial charge < -0.3 is 4.90 Å². The van der Waals surface area contributed by atoms with Crippen molar-refractivity contribution in [3.05, 3.63) is 69.7 Å². The van der Waals surface area contributed by atoms with Crippen LogP contribution in [0, 0.1) is 0 Å². The highest BCUT2D eigenvalue weighted by Crippen LogP contribution is 2.27. The lowest BCUT2D eigenvalue weighted by molar-refractivity contribution is -0.133. The Kier molecular flexibility index (Phi) is 9.70. The fraction of sp³-hybridized carbons (Fsp3) is 0.464. The Morgan fingerprint density at radius 1 is 0.971 bits per heavy atom. The van der Waals surface area contributed by atoms with Crippen LogP contribution in [-0.2, 0) is 4.79 Å². The Bertz CT molecular complexity index is 1160. The summed E-state index contributed by atoms with van der Waals surface area (Å²) in [5.74, 6) is 0.614. The van der Waals surface area contributed by atoms with E-state index in [1.807, 2.05) is 55.1 Å². The molecule has 0 bridgehead atoms. The summed E-state index contributed by atoms with van der Waals surface area (Å²) in [5.41, 5.74) is 1.01. The summed E-state index contributed by atoms with van der Waals surface area (Å²) in [4.78, 5) is 33.4. The molecule has 1 aromatic heterocycles. The zero-order chi connectivity index (χ0) is 24.5. The minimum Gasteiger partial charge on any atom is -0.333 e. The lowest BCUT2D eigenvalue weighted by atomic mass is 10.1. The molecule has 0 spiro atoms. The first kappa shape index (κ1) is 26.0. The number of benzene rings is 2. The number of nitrogens with zero attached hydrogens (tertiary/aromatic N) is 3. The molecule has 182 valence electrons. The normalized spacial score (nSPS) is 12.1. The van der Waals surface area contributed by atoms with Crippen LogP contribution in [0.5, 0.6) is 0 Å². The van der Waals surface area contributed by atoms with E-state index < -0.39 is 0 Å². The topological polar surface area (TPSA) is 55.2 Å². The van der Waals surface area contributed by atoms with E-state index in [1.165, 1.54) is 32.1 Å². The van der Waals surface area contributed by atoms with Crippen LogP contribution >= 0.6 is 11.6 Å². The van der Waals surface area contributed by atoms with E-state index in [2.05, 4.69) is 6.92 Å². The molecule has 0 aliphatic carbocycles. The van der Waals surface area contributed by atoms with Crippen molar-refractivity contribution >= 4 is 28.4 Å². The molecule has 0 aliphatic rings. The molecule has 1 atom stereocenters. The molecule has 34 heavy (non-hydrogen) atoms. The van der Waals surface area contributed by atoms with E-state index >= 15 is 0 Å². The van der Waals surface area contributed by atoms with Crippen molar-refractivity contribution in [1.82, 2.24) is 14.5 Å². The molecule has 0 aliphatic heterocycles. The van der Waals surface area contributed by atoms with Crippen LogP contribution in [0.2, 0.25) is 5.02 Å². The SMILES string of the molecule is CCCCCCCCCC(=O)N(CC)C(C)c1nc2ccccc2c(=O)n1-c1ccccc1Cl. The Labute approximate surface area is 207 Å². The van der Waals surface area contributed by atoms with E-state index in [0.717, 1.165) is 12.8 Å². The molecule has 1 unspecified atom stereocenters. The van der Waals surface area contributed by atoms with Crippen molar-refractivity contribution < 1.29 is 4.79 Å². The zero-order valence-electron chi connectivity index (χ0n) is 20.6. The number of rotatable bonds is 12. The van der Waals surface area contributed by atoms with Crippen LogP contribution in [0.15, 0.2) is 53.3 Å². The molecule has 3 aromatic rings. The quantitative estimate of drug-likeness (QED) is 0.259. The van der Waals surface area contributed by atoms with Gasteiger partial charge in [-0.3, -0.25) is 14.2 Å². The van der Waals surface area contributed by atoms with Gasteiger partial charge >= 0.3 is 0 Å². The number of carbonyl (C=O) groups is 1. The van der Waals surface area contributed by atoms with E-state index in [1.54, 1.807) is 16.7 Å². The number of halogens is 1. The van der Waals surface area contributed by atoms with Crippen molar-refractivity contribution in [2.75, 3.05) is 6.54 Å². The maximum Gasteiger partial charge on any atom is 0.266 e. The molecule has 0 saturated carbocycles. The Hall–Kier alpha value is -2.66. The summed E-state index contributed by atoms with van der Waals surface area (Å²) in [7, 11) is 0. The van der Waals surface area contributed by atoms with Crippen molar-refractivity contribution in [2.24, 2.45) is 0 Å². The Morgan fingerprint density at radius 2 is 1.62 bits per heavy atom. The van der Waals surface area contributed by atoms with Gasteiger partial charge in [-0.25, -0.2) is 4.98 Å². The molecular formula is C28H36ClN3O2. The van der Waals surface area contributed by atoms with Crippen LogP contribution < -0.4 is 5.56 Å². The third kappa shape index (κ3) is 6.06. The number of carbonyl (C=O) groups excluding carboxylic acids is 1. The third-order valence-corrected chi connectivity index (χ3v) is 6.71. The number of hydrogen-bond acceptors (Lipinski definition) is 3. The summed E-state index contributed by atoms with van der Waals surface area (Å²) in [6.45, 7) is 6.67. The largest absolute Gasteiger partial charge is 0.333 e. The lowest BCUT2D eigenvalue weighted by Crippen LogP contribution is -2.37. The maximum absolute atomic E-state index is 13.6. The molecule has 5 nitrogen and oxygen atoms in total. The standard InChI is InChI=1S/C28H36ClN3O2/c1-4-6-7-8-9-10-11-20-26(33)31(5-2)21(3)27-30-24-18-14-12-16-22(24)28(34)32(27)25-19-15-13-17-23(25)29/h12-19,21H,4-11,20H2,1-3H3. The molecule has 0 N–H and O–H groups in total. The third-order valence-electron chi connectivity index (χ3n) is 6.39. The first-order chi connectivity index (χ1) is 16.5. The van der Waals surface area contributed by atoms with Gasteiger partial charge in [-0.1, -0.05) is 81.3 Å². The van der Waals surface area contributed by atoms with Gasteiger partial charge in [-0.05, 0) is 44.5 Å². The number of aromatic nitrogens is 2. The number of unbranched alkanes of at least 4 members (excludes halogenated alkanes) is 6. The van der Waals surface area contributed by atoms with Crippen molar-refractivity contribution in [3.63, 3.8) is 0 Å². The minimum atomic E-state index is -0.379. The molecular weight excluding hydrogens is 446 g/mol. The Balaban J connectivity index is 1.89. The number of para-hydroxylation sites is 2. The fourth-order valence-corrected chi connectivity index (χ4v) is 4.70. The highest BCUT2D eigenvalue weighted by Gasteiger charge is 2.26. The van der Waals surface area contributed by atoms with Gasteiger partial charge in [0.1, 0.15) is 5.82 Å². The van der Waals surface area contributed by atoms with Crippen LogP contribution in [0.3, 0.4) is 0 Å². The highest BCUT2D eigenvalue weighted by molar-refractivity contribution is 6.32. The van der Waals surface area contributed by atoms with Crippen molar-refractivity contribution in [2.45, 2.75) is 78.2 Å². The second-order valence-electron chi connectivity index (χ2n) is 8.81. The van der Waals surface area contributed by atoms with E-state index in [4.69, 9.17) is 16.6 Å². The lowest BCUT2D eigenvalue weighted by Gasteiger charge is -2.30. The monoisotopic (exact) mass is 481 g/mol. The summed E-state index contributed by atoms with van der Waals surface area (Å²) >= 11 is 6.50. The fourth-order valence-electron chi connectivity index (χ4n) is 4.48. The molecule has 6 heteroatoms. The molecule has 0 saturated heterocycles. The average molecular weight is 482 g/mol. The van der Waals surface area contributed by atoms with Gasteiger partial charge in [0, 0.05) is 13.0 Å². The van der Waals surface area contributed by atoms with Crippen LogP contribution in [0.1, 0.15) is 84.0 Å².